The molecule has 0 saturated carbocycles. The summed E-state index contributed by atoms with van der Waals surface area (Å²) in [6, 6.07) is 38.4. The van der Waals surface area contributed by atoms with Gasteiger partial charge in [0.05, 0.1) is 34.9 Å². The molecule has 0 saturated heterocycles. The van der Waals surface area contributed by atoms with E-state index >= 15 is 0 Å². The van der Waals surface area contributed by atoms with Gasteiger partial charge in [-0.05, 0) is 76.1 Å². The minimum Gasteiger partial charge on any atom is -0.456 e. The largest absolute Gasteiger partial charge is 0.456 e. The Morgan fingerprint density at radius 3 is 1.80 bits per heavy atom. The van der Waals surface area contributed by atoms with Gasteiger partial charge in [0.25, 0.3) is 0 Å². The molecule has 7 heteroatoms. The highest BCUT2D eigenvalue weighted by molar-refractivity contribution is 6.24. The summed E-state index contributed by atoms with van der Waals surface area (Å²) in [7, 11) is 0. The van der Waals surface area contributed by atoms with E-state index in [1.807, 2.05) is 72.8 Å². The van der Waals surface area contributed by atoms with Gasteiger partial charge in [-0.15, -0.1) is 0 Å². The van der Waals surface area contributed by atoms with Gasteiger partial charge >= 0.3 is 0 Å². The first-order valence-corrected chi connectivity index (χ1v) is 15.6. The SMILES string of the molecule is [C-]#[N+]c1cncc(-c2cccc(-c3c4ccccc4c(-c4cccc(-c5cncc(C#N)c5)n4)c4cc5oc6ccccc6c5cc34)n2)c1. The lowest BCUT2D eigenvalue weighted by Gasteiger charge is -2.18. The van der Waals surface area contributed by atoms with Crippen molar-refractivity contribution in [3.05, 3.63) is 151 Å². The van der Waals surface area contributed by atoms with Crippen LogP contribution in [-0.2, 0) is 0 Å². The number of nitrogens with zero attached hydrogens (tertiary/aromatic N) is 6. The van der Waals surface area contributed by atoms with Crippen LogP contribution in [0.3, 0.4) is 0 Å². The molecule has 0 fully saturated rings. The minimum absolute atomic E-state index is 0.462. The zero-order valence-corrected chi connectivity index (χ0v) is 25.8. The van der Waals surface area contributed by atoms with Crippen LogP contribution in [0.15, 0.2) is 138 Å². The number of hydrogen-bond donors (Lipinski definition) is 0. The van der Waals surface area contributed by atoms with Gasteiger partial charge in [0, 0.05) is 57.8 Å². The standard InChI is InChI=1S/C42H22N6O/c1-44-28-17-27(23-46-24-28)36-12-7-13-37(48-36)41-30-9-2-3-10-31(30)42(38-14-6-11-35(47-38)26-16-25(20-43)21-45-22-26)34-19-40-32(18-33(34)41)29-8-4-5-15-39(29)49-40/h2-19,21-24H. The van der Waals surface area contributed by atoms with Crippen molar-refractivity contribution in [2.45, 2.75) is 0 Å². The summed E-state index contributed by atoms with van der Waals surface area (Å²) < 4.78 is 6.42. The fourth-order valence-corrected chi connectivity index (χ4v) is 6.69. The lowest BCUT2D eigenvalue weighted by molar-refractivity contribution is 0.669. The van der Waals surface area contributed by atoms with Crippen molar-refractivity contribution < 1.29 is 4.42 Å². The van der Waals surface area contributed by atoms with Gasteiger partial charge < -0.3 is 4.42 Å². The Hall–Kier alpha value is -7.22. The quantitative estimate of drug-likeness (QED) is 0.143. The van der Waals surface area contributed by atoms with E-state index in [1.54, 1.807) is 30.9 Å². The predicted molar refractivity (Wildman–Crippen MR) is 193 cm³/mol. The van der Waals surface area contributed by atoms with Crippen LogP contribution in [0.2, 0.25) is 0 Å². The Bertz CT molecular complexity index is 2880. The van der Waals surface area contributed by atoms with Gasteiger partial charge in [-0.1, -0.05) is 54.6 Å². The van der Waals surface area contributed by atoms with Crippen molar-refractivity contribution in [1.82, 2.24) is 19.9 Å². The average Bonchev–Trinajstić information content (AvgIpc) is 3.53. The molecule has 49 heavy (non-hydrogen) atoms. The van der Waals surface area contributed by atoms with Crippen molar-refractivity contribution in [1.29, 1.82) is 5.26 Å². The van der Waals surface area contributed by atoms with E-state index in [4.69, 9.17) is 21.0 Å². The summed E-state index contributed by atoms with van der Waals surface area (Å²) in [5.74, 6) is 0. The third kappa shape index (κ3) is 4.66. The molecular formula is C42H22N6O. The highest BCUT2D eigenvalue weighted by Crippen LogP contribution is 2.46. The van der Waals surface area contributed by atoms with Gasteiger partial charge in [-0.3, -0.25) is 9.97 Å². The number of aromatic nitrogens is 4. The molecule has 9 aromatic rings. The maximum Gasteiger partial charge on any atom is 0.205 e. The van der Waals surface area contributed by atoms with Crippen molar-refractivity contribution in [2.24, 2.45) is 0 Å². The maximum absolute atomic E-state index is 9.50. The number of para-hydroxylation sites is 1. The van der Waals surface area contributed by atoms with Crippen LogP contribution in [0, 0.1) is 17.9 Å². The third-order valence-electron chi connectivity index (χ3n) is 8.84. The average molecular weight is 627 g/mol. The van der Waals surface area contributed by atoms with E-state index in [1.165, 1.54) is 0 Å². The highest BCUT2D eigenvalue weighted by atomic mass is 16.3. The highest BCUT2D eigenvalue weighted by Gasteiger charge is 2.21. The predicted octanol–water partition coefficient (Wildman–Crippen LogP) is 10.6. The molecule has 0 bridgehead atoms. The number of furan rings is 1. The van der Waals surface area contributed by atoms with E-state index in [2.05, 4.69) is 51.2 Å². The van der Waals surface area contributed by atoms with E-state index < -0.39 is 0 Å². The first-order valence-electron chi connectivity index (χ1n) is 15.6. The van der Waals surface area contributed by atoms with E-state index in [0.29, 0.717) is 11.3 Å². The summed E-state index contributed by atoms with van der Waals surface area (Å²) in [6.45, 7) is 7.48. The number of nitriles is 1. The van der Waals surface area contributed by atoms with Crippen molar-refractivity contribution in [3.8, 4) is 51.1 Å². The Labute approximate surface area is 280 Å². The number of pyridine rings is 4. The van der Waals surface area contributed by atoms with E-state index in [9.17, 15) is 5.26 Å². The Morgan fingerprint density at radius 2 is 1.12 bits per heavy atom. The minimum atomic E-state index is 0.462. The smallest absolute Gasteiger partial charge is 0.205 e. The Balaban J connectivity index is 1.38. The van der Waals surface area contributed by atoms with Crippen LogP contribution < -0.4 is 0 Å². The van der Waals surface area contributed by atoms with Crippen LogP contribution in [0.4, 0.5) is 5.69 Å². The molecule has 9 rings (SSSR count). The van der Waals surface area contributed by atoms with Crippen LogP contribution >= 0.6 is 0 Å². The zero-order chi connectivity index (χ0) is 32.9. The zero-order valence-electron chi connectivity index (χ0n) is 25.8. The summed E-state index contributed by atoms with van der Waals surface area (Å²) >= 11 is 0. The van der Waals surface area contributed by atoms with Crippen molar-refractivity contribution in [2.75, 3.05) is 0 Å². The van der Waals surface area contributed by atoms with Crippen LogP contribution in [0.5, 0.6) is 0 Å². The molecule has 0 unspecified atom stereocenters. The lowest BCUT2D eigenvalue weighted by atomic mass is 9.87. The normalized spacial score (nSPS) is 11.2. The van der Waals surface area contributed by atoms with Crippen molar-refractivity contribution >= 4 is 49.2 Å². The molecule has 0 radical (unpaired) electrons. The first-order chi connectivity index (χ1) is 24.2. The van der Waals surface area contributed by atoms with Gasteiger partial charge in [-0.25, -0.2) is 14.8 Å². The molecule has 5 aromatic heterocycles. The van der Waals surface area contributed by atoms with Gasteiger partial charge in [0.2, 0.25) is 5.69 Å². The van der Waals surface area contributed by atoms with E-state index in [-0.39, 0.29) is 0 Å². The number of benzene rings is 4. The summed E-state index contributed by atoms with van der Waals surface area (Å²) in [4.78, 5) is 22.5. The van der Waals surface area contributed by atoms with Crippen LogP contribution in [-0.4, -0.2) is 19.9 Å². The van der Waals surface area contributed by atoms with E-state index in [0.717, 1.165) is 88.5 Å². The first kappa shape index (κ1) is 28.0. The topological polar surface area (TPSA) is 92.8 Å². The summed E-state index contributed by atoms with van der Waals surface area (Å²) in [5.41, 5.74) is 9.06. The Kier molecular flexibility index (Phi) is 6.43. The van der Waals surface area contributed by atoms with Crippen molar-refractivity contribution in [3.63, 3.8) is 0 Å². The molecule has 0 amide bonds. The number of rotatable bonds is 4. The van der Waals surface area contributed by atoms with Gasteiger partial charge in [0.15, 0.2) is 0 Å². The van der Waals surface area contributed by atoms with Crippen LogP contribution in [0.25, 0.3) is 93.4 Å². The third-order valence-corrected chi connectivity index (χ3v) is 8.84. The fraction of sp³-hybridized carbons (Fsp3) is 0. The maximum atomic E-state index is 9.50. The fourth-order valence-electron chi connectivity index (χ4n) is 6.69. The number of fused-ring (bicyclic) bond motifs is 5. The molecule has 0 N–H and O–H groups in total. The molecule has 0 aliphatic rings. The molecule has 0 spiro atoms. The second-order valence-electron chi connectivity index (χ2n) is 11.7. The molecule has 0 aliphatic carbocycles. The summed E-state index contributed by atoms with van der Waals surface area (Å²) in [6.07, 6.45) is 6.57. The van der Waals surface area contributed by atoms with Gasteiger partial charge in [0.1, 0.15) is 17.2 Å². The molecule has 0 aliphatic heterocycles. The lowest BCUT2D eigenvalue weighted by Crippen LogP contribution is -1.96. The Morgan fingerprint density at radius 1 is 0.531 bits per heavy atom. The summed E-state index contributed by atoms with van der Waals surface area (Å²) in [5, 5.41) is 15.6. The molecular weight excluding hydrogens is 605 g/mol. The molecule has 7 nitrogen and oxygen atoms in total. The molecule has 226 valence electrons. The molecule has 0 atom stereocenters. The van der Waals surface area contributed by atoms with Crippen LogP contribution in [0.1, 0.15) is 5.56 Å². The monoisotopic (exact) mass is 626 g/mol. The second kappa shape index (κ2) is 11.2. The van der Waals surface area contributed by atoms with Gasteiger partial charge in [-0.2, -0.15) is 5.26 Å². The second-order valence-corrected chi connectivity index (χ2v) is 11.7. The molecule has 5 heterocycles. The molecule has 4 aromatic carbocycles. The number of hydrogen-bond acceptors (Lipinski definition) is 6.